The number of nitrogens with zero attached hydrogens (tertiary/aromatic N) is 4. The first kappa shape index (κ1) is 18.3. The number of amides is 1. The molecule has 0 unspecified atom stereocenters. The fraction of sp³-hybridized carbons (Fsp3) is 0.500. The van der Waals surface area contributed by atoms with E-state index in [1.165, 1.54) is 0 Å². The standard InChI is InChI=1S/C20H27N5O/c1-4-25(5-2)20-22-13-16-12-15(9-10-18(16)24-20)19(26)23-14(3)17-8-6-7-11-21-17/h6-8,11,13-15H,4-5,9-10,12H2,1-3H3,(H,23,26)/t14-,15+/m0/s1. The molecule has 1 amide bonds. The van der Waals surface area contributed by atoms with E-state index in [0.29, 0.717) is 6.42 Å². The van der Waals surface area contributed by atoms with Crippen LogP contribution in [0.4, 0.5) is 5.95 Å². The van der Waals surface area contributed by atoms with Gasteiger partial charge in [-0.3, -0.25) is 9.78 Å². The summed E-state index contributed by atoms with van der Waals surface area (Å²) in [5.74, 6) is 0.846. The molecule has 0 aromatic carbocycles. The molecule has 1 aliphatic carbocycles. The van der Waals surface area contributed by atoms with Gasteiger partial charge in [-0.25, -0.2) is 9.97 Å². The number of fused-ring (bicyclic) bond motifs is 1. The van der Waals surface area contributed by atoms with Gasteiger partial charge in [0.2, 0.25) is 11.9 Å². The second-order valence-corrected chi connectivity index (χ2v) is 6.74. The van der Waals surface area contributed by atoms with Gasteiger partial charge in [-0.1, -0.05) is 6.07 Å². The summed E-state index contributed by atoms with van der Waals surface area (Å²) in [5, 5.41) is 3.09. The van der Waals surface area contributed by atoms with Crippen molar-refractivity contribution in [3.63, 3.8) is 0 Å². The van der Waals surface area contributed by atoms with Gasteiger partial charge < -0.3 is 10.2 Å². The Morgan fingerprint density at radius 3 is 2.81 bits per heavy atom. The van der Waals surface area contributed by atoms with Crippen molar-refractivity contribution in [3.05, 3.63) is 47.5 Å². The normalized spacial score (nSPS) is 17.3. The second kappa shape index (κ2) is 8.25. The van der Waals surface area contributed by atoms with Crippen LogP contribution in [0.2, 0.25) is 0 Å². The minimum Gasteiger partial charge on any atom is -0.348 e. The Bertz CT molecular complexity index is 745. The summed E-state index contributed by atoms with van der Waals surface area (Å²) in [6, 6.07) is 5.66. The number of hydrogen-bond acceptors (Lipinski definition) is 5. The zero-order chi connectivity index (χ0) is 18.5. The lowest BCUT2D eigenvalue weighted by Crippen LogP contribution is -2.36. The summed E-state index contributed by atoms with van der Waals surface area (Å²) >= 11 is 0. The second-order valence-electron chi connectivity index (χ2n) is 6.74. The lowest BCUT2D eigenvalue weighted by atomic mass is 9.86. The molecule has 6 heteroatoms. The molecule has 2 atom stereocenters. The SMILES string of the molecule is CCN(CC)c1ncc2c(n1)CC[C@@H](C(=O)N[C@@H](C)c1ccccn1)C2. The highest BCUT2D eigenvalue weighted by atomic mass is 16.1. The van der Waals surface area contributed by atoms with Crippen LogP contribution in [-0.4, -0.2) is 33.9 Å². The van der Waals surface area contributed by atoms with Crippen molar-refractivity contribution in [3.8, 4) is 0 Å². The Kier molecular flexibility index (Phi) is 5.81. The summed E-state index contributed by atoms with van der Waals surface area (Å²) in [4.78, 5) is 28.4. The van der Waals surface area contributed by atoms with E-state index in [4.69, 9.17) is 4.98 Å². The maximum absolute atomic E-state index is 12.7. The van der Waals surface area contributed by atoms with Crippen LogP contribution in [0.25, 0.3) is 0 Å². The van der Waals surface area contributed by atoms with Crippen LogP contribution in [0.1, 0.15) is 50.2 Å². The van der Waals surface area contributed by atoms with E-state index in [-0.39, 0.29) is 17.9 Å². The number of aromatic nitrogens is 3. The maximum atomic E-state index is 12.7. The summed E-state index contributed by atoms with van der Waals surface area (Å²) < 4.78 is 0. The van der Waals surface area contributed by atoms with Crippen LogP contribution in [-0.2, 0) is 17.6 Å². The zero-order valence-electron chi connectivity index (χ0n) is 15.8. The third-order valence-corrected chi connectivity index (χ3v) is 5.04. The van der Waals surface area contributed by atoms with Gasteiger partial charge in [-0.15, -0.1) is 0 Å². The average Bonchev–Trinajstić information content (AvgIpc) is 2.69. The molecule has 0 radical (unpaired) electrons. The van der Waals surface area contributed by atoms with Gasteiger partial charge in [0, 0.05) is 37.1 Å². The Labute approximate surface area is 155 Å². The van der Waals surface area contributed by atoms with Crippen molar-refractivity contribution in [2.24, 2.45) is 5.92 Å². The van der Waals surface area contributed by atoms with E-state index in [1.807, 2.05) is 31.3 Å². The summed E-state index contributed by atoms with van der Waals surface area (Å²) in [5.41, 5.74) is 3.06. The first-order chi connectivity index (χ1) is 12.6. The lowest BCUT2D eigenvalue weighted by molar-refractivity contribution is -0.126. The van der Waals surface area contributed by atoms with Crippen LogP contribution >= 0.6 is 0 Å². The van der Waals surface area contributed by atoms with E-state index >= 15 is 0 Å². The molecule has 2 aromatic heterocycles. The van der Waals surface area contributed by atoms with Crippen molar-refractivity contribution in [2.75, 3.05) is 18.0 Å². The van der Waals surface area contributed by atoms with Crippen molar-refractivity contribution in [1.29, 1.82) is 0 Å². The van der Waals surface area contributed by atoms with E-state index in [0.717, 1.165) is 48.8 Å². The van der Waals surface area contributed by atoms with Gasteiger partial charge in [-0.2, -0.15) is 0 Å². The summed E-state index contributed by atoms with van der Waals surface area (Å²) in [6.07, 6.45) is 6.00. The predicted molar refractivity (Wildman–Crippen MR) is 102 cm³/mol. The predicted octanol–water partition coefficient (Wildman–Crippen LogP) is 2.70. The topological polar surface area (TPSA) is 71.0 Å². The Hall–Kier alpha value is -2.50. The molecule has 2 aromatic rings. The number of carbonyl (C=O) groups is 1. The molecule has 1 N–H and O–H groups in total. The quantitative estimate of drug-likeness (QED) is 0.864. The van der Waals surface area contributed by atoms with Crippen molar-refractivity contribution >= 4 is 11.9 Å². The van der Waals surface area contributed by atoms with Gasteiger partial charge in [-0.05, 0) is 57.7 Å². The summed E-state index contributed by atoms with van der Waals surface area (Å²) in [6.45, 7) is 7.97. The van der Waals surface area contributed by atoms with Gasteiger partial charge in [0.15, 0.2) is 0 Å². The molecule has 0 spiro atoms. The molecule has 3 rings (SSSR count). The van der Waals surface area contributed by atoms with Gasteiger partial charge in [0.1, 0.15) is 0 Å². The largest absolute Gasteiger partial charge is 0.348 e. The van der Waals surface area contributed by atoms with Gasteiger partial charge in [0.05, 0.1) is 11.7 Å². The lowest BCUT2D eigenvalue weighted by Gasteiger charge is -2.26. The Morgan fingerprint density at radius 1 is 1.31 bits per heavy atom. The van der Waals surface area contributed by atoms with Crippen LogP contribution < -0.4 is 10.2 Å². The fourth-order valence-corrected chi connectivity index (χ4v) is 3.42. The number of nitrogens with one attached hydrogen (secondary N) is 1. The number of carbonyl (C=O) groups excluding carboxylic acids is 1. The third kappa shape index (κ3) is 4.00. The van der Waals surface area contributed by atoms with E-state index in [9.17, 15) is 4.79 Å². The van der Waals surface area contributed by atoms with Crippen LogP contribution in [0.3, 0.4) is 0 Å². The highest BCUT2D eigenvalue weighted by Gasteiger charge is 2.27. The third-order valence-electron chi connectivity index (χ3n) is 5.04. The zero-order valence-corrected chi connectivity index (χ0v) is 15.8. The number of rotatable bonds is 6. The molecule has 0 saturated carbocycles. The average molecular weight is 353 g/mol. The minimum atomic E-state index is -0.0913. The minimum absolute atomic E-state index is 0.0310. The maximum Gasteiger partial charge on any atom is 0.225 e. The van der Waals surface area contributed by atoms with E-state index in [1.54, 1.807) is 6.20 Å². The molecule has 0 aliphatic heterocycles. The smallest absolute Gasteiger partial charge is 0.225 e. The summed E-state index contributed by atoms with van der Waals surface area (Å²) in [7, 11) is 0. The first-order valence-corrected chi connectivity index (χ1v) is 9.43. The van der Waals surface area contributed by atoms with Crippen molar-refractivity contribution in [2.45, 2.75) is 46.1 Å². The molecule has 0 saturated heterocycles. The molecule has 2 heterocycles. The molecule has 138 valence electrons. The number of aryl methyl sites for hydroxylation is 1. The highest BCUT2D eigenvalue weighted by Crippen LogP contribution is 2.26. The van der Waals surface area contributed by atoms with E-state index < -0.39 is 0 Å². The van der Waals surface area contributed by atoms with Gasteiger partial charge >= 0.3 is 0 Å². The fourth-order valence-electron chi connectivity index (χ4n) is 3.42. The highest BCUT2D eigenvalue weighted by molar-refractivity contribution is 5.79. The molecular weight excluding hydrogens is 326 g/mol. The molecule has 26 heavy (non-hydrogen) atoms. The van der Waals surface area contributed by atoms with Crippen molar-refractivity contribution in [1.82, 2.24) is 20.3 Å². The molecule has 6 nitrogen and oxygen atoms in total. The van der Waals surface area contributed by atoms with Crippen molar-refractivity contribution < 1.29 is 4.79 Å². The van der Waals surface area contributed by atoms with Crippen LogP contribution in [0, 0.1) is 5.92 Å². The number of hydrogen-bond donors (Lipinski definition) is 1. The number of anilines is 1. The molecule has 0 bridgehead atoms. The van der Waals surface area contributed by atoms with Gasteiger partial charge in [0.25, 0.3) is 0 Å². The first-order valence-electron chi connectivity index (χ1n) is 9.43. The van der Waals surface area contributed by atoms with Crippen LogP contribution in [0.5, 0.6) is 0 Å². The monoisotopic (exact) mass is 353 g/mol. The molecule has 0 fully saturated rings. The Morgan fingerprint density at radius 2 is 2.12 bits per heavy atom. The molecule has 1 aliphatic rings. The molecular formula is C20H27N5O. The number of pyridine rings is 1. The van der Waals surface area contributed by atoms with Crippen LogP contribution in [0.15, 0.2) is 30.6 Å². The Balaban J connectivity index is 1.65. The van der Waals surface area contributed by atoms with E-state index in [2.05, 4.69) is 34.0 Å².